The normalized spacial score (nSPS) is 11.5. The zero-order chi connectivity index (χ0) is 13.1. The van der Waals surface area contributed by atoms with Gasteiger partial charge in [-0.1, -0.05) is 0 Å². The van der Waals surface area contributed by atoms with Gasteiger partial charge in [0.25, 0.3) is 0 Å². The lowest BCUT2D eigenvalue weighted by molar-refractivity contribution is -0.137. The van der Waals surface area contributed by atoms with E-state index in [-0.39, 0.29) is 12.2 Å². The zero-order valence-corrected chi connectivity index (χ0v) is 9.04. The van der Waals surface area contributed by atoms with Crippen LogP contribution in [0.4, 0.5) is 13.2 Å². The van der Waals surface area contributed by atoms with Crippen molar-refractivity contribution < 1.29 is 27.8 Å². The summed E-state index contributed by atoms with van der Waals surface area (Å²) in [6, 6.07) is 2.67. The van der Waals surface area contributed by atoms with Crippen LogP contribution in [0.25, 0.3) is 0 Å². The summed E-state index contributed by atoms with van der Waals surface area (Å²) in [5.74, 6) is -1.39. The van der Waals surface area contributed by atoms with Gasteiger partial charge in [-0.2, -0.15) is 13.2 Å². The van der Waals surface area contributed by atoms with Crippen LogP contribution in [0.1, 0.15) is 28.4 Å². The SMILES string of the molecule is CCOCc1cc(C(=O)O)cc(C(F)(F)F)c1. The van der Waals surface area contributed by atoms with Crippen molar-refractivity contribution >= 4 is 5.97 Å². The van der Waals surface area contributed by atoms with Crippen LogP contribution in [0.2, 0.25) is 0 Å². The van der Waals surface area contributed by atoms with Crippen molar-refractivity contribution in [3.8, 4) is 0 Å². The highest BCUT2D eigenvalue weighted by molar-refractivity contribution is 5.88. The van der Waals surface area contributed by atoms with Gasteiger partial charge in [0.2, 0.25) is 0 Å². The van der Waals surface area contributed by atoms with Gasteiger partial charge in [0.15, 0.2) is 0 Å². The van der Waals surface area contributed by atoms with E-state index in [1.807, 2.05) is 0 Å². The van der Waals surface area contributed by atoms with E-state index in [2.05, 4.69) is 0 Å². The summed E-state index contributed by atoms with van der Waals surface area (Å²) in [5, 5.41) is 8.72. The number of ether oxygens (including phenoxy) is 1. The minimum Gasteiger partial charge on any atom is -0.478 e. The first-order valence-electron chi connectivity index (χ1n) is 4.86. The summed E-state index contributed by atoms with van der Waals surface area (Å²) >= 11 is 0. The molecule has 0 unspecified atom stereocenters. The Morgan fingerprint density at radius 3 is 2.47 bits per heavy atom. The van der Waals surface area contributed by atoms with Gasteiger partial charge in [-0.25, -0.2) is 4.79 Å². The third-order valence-electron chi connectivity index (χ3n) is 2.04. The Kier molecular flexibility index (Phi) is 4.11. The van der Waals surface area contributed by atoms with Crippen LogP contribution in [0, 0.1) is 0 Å². The topological polar surface area (TPSA) is 46.5 Å². The Morgan fingerprint density at radius 1 is 1.35 bits per heavy atom. The van der Waals surface area contributed by atoms with Crippen LogP contribution in [-0.4, -0.2) is 17.7 Å². The summed E-state index contributed by atoms with van der Waals surface area (Å²) in [7, 11) is 0. The van der Waals surface area contributed by atoms with Gasteiger partial charge in [-0.05, 0) is 30.7 Å². The molecule has 6 heteroatoms. The summed E-state index contributed by atoms with van der Waals surface area (Å²) in [6.45, 7) is 2.01. The third-order valence-corrected chi connectivity index (χ3v) is 2.04. The Balaban J connectivity index is 3.14. The molecule has 0 bridgehead atoms. The number of carboxylic acids is 1. The van der Waals surface area contributed by atoms with E-state index >= 15 is 0 Å². The maximum atomic E-state index is 12.5. The molecule has 0 fully saturated rings. The van der Waals surface area contributed by atoms with E-state index in [0.717, 1.165) is 6.07 Å². The minimum absolute atomic E-state index is 0.0410. The number of benzene rings is 1. The van der Waals surface area contributed by atoms with Crippen LogP contribution in [-0.2, 0) is 17.5 Å². The fraction of sp³-hybridized carbons (Fsp3) is 0.364. The Morgan fingerprint density at radius 2 is 2.00 bits per heavy atom. The first-order chi connectivity index (χ1) is 7.84. The van der Waals surface area contributed by atoms with Gasteiger partial charge in [-0.15, -0.1) is 0 Å². The largest absolute Gasteiger partial charge is 0.478 e. The molecule has 0 aliphatic heterocycles. The number of hydrogen-bond acceptors (Lipinski definition) is 2. The summed E-state index contributed by atoms with van der Waals surface area (Å²) < 4.78 is 42.5. The molecule has 0 saturated heterocycles. The zero-order valence-electron chi connectivity index (χ0n) is 9.04. The van der Waals surface area contributed by atoms with E-state index < -0.39 is 23.3 Å². The molecule has 17 heavy (non-hydrogen) atoms. The molecule has 0 saturated carbocycles. The minimum atomic E-state index is -4.56. The van der Waals surface area contributed by atoms with Crippen molar-refractivity contribution in [1.82, 2.24) is 0 Å². The highest BCUT2D eigenvalue weighted by Gasteiger charge is 2.31. The second kappa shape index (κ2) is 5.18. The number of alkyl halides is 3. The Hall–Kier alpha value is -1.56. The van der Waals surface area contributed by atoms with Gasteiger partial charge in [0, 0.05) is 6.61 Å². The predicted molar refractivity (Wildman–Crippen MR) is 53.7 cm³/mol. The number of hydrogen-bond donors (Lipinski definition) is 1. The van der Waals surface area contributed by atoms with Crippen LogP contribution in [0.5, 0.6) is 0 Å². The Bertz CT molecular complexity index is 413. The number of carboxylic acid groups (broad SMARTS) is 1. The number of aromatic carboxylic acids is 1. The van der Waals surface area contributed by atoms with Crippen LogP contribution >= 0.6 is 0 Å². The number of rotatable bonds is 4. The number of carbonyl (C=O) groups is 1. The smallest absolute Gasteiger partial charge is 0.416 e. The third kappa shape index (κ3) is 3.74. The fourth-order valence-corrected chi connectivity index (χ4v) is 1.28. The van der Waals surface area contributed by atoms with E-state index in [1.165, 1.54) is 6.07 Å². The second-order valence-electron chi connectivity index (χ2n) is 3.36. The Labute approximate surface area is 95.8 Å². The van der Waals surface area contributed by atoms with Crippen LogP contribution in [0.15, 0.2) is 18.2 Å². The van der Waals surface area contributed by atoms with Crippen LogP contribution in [0.3, 0.4) is 0 Å². The standard InChI is InChI=1S/C11H11F3O3/c1-2-17-6-7-3-8(10(15)16)5-9(4-7)11(12,13)14/h3-5H,2,6H2,1H3,(H,15,16). The molecule has 0 heterocycles. The molecule has 94 valence electrons. The molecule has 0 aromatic heterocycles. The van der Waals surface area contributed by atoms with Gasteiger partial charge >= 0.3 is 12.1 Å². The lowest BCUT2D eigenvalue weighted by Crippen LogP contribution is -2.09. The molecule has 0 spiro atoms. The monoisotopic (exact) mass is 248 g/mol. The first-order valence-corrected chi connectivity index (χ1v) is 4.86. The van der Waals surface area contributed by atoms with Gasteiger partial charge < -0.3 is 9.84 Å². The van der Waals surface area contributed by atoms with E-state index in [1.54, 1.807) is 6.92 Å². The molecule has 1 aromatic rings. The molecule has 3 nitrogen and oxygen atoms in total. The van der Waals surface area contributed by atoms with E-state index in [4.69, 9.17) is 9.84 Å². The van der Waals surface area contributed by atoms with Crippen molar-refractivity contribution in [3.05, 3.63) is 34.9 Å². The lowest BCUT2D eigenvalue weighted by Gasteiger charge is -2.10. The van der Waals surface area contributed by atoms with Crippen molar-refractivity contribution in [3.63, 3.8) is 0 Å². The highest BCUT2D eigenvalue weighted by atomic mass is 19.4. The van der Waals surface area contributed by atoms with Crippen molar-refractivity contribution in [2.75, 3.05) is 6.61 Å². The molecule has 1 aromatic carbocycles. The fourth-order valence-electron chi connectivity index (χ4n) is 1.28. The first kappa shape index (κ1) is 13.5. The van der Waals surface area contributed by atoms with Gasteiger partial charge in [0.05, 0.1) is 17.7 Å². The molecule has 1 rings (SSSR count). The molecule has 0 atom stereocenters. The average Bonchev–Trinajstić information content (AvgIpc) is 2.24. The summed E-state index contributed by atoms with van der Waals surface area (Å²) in [4.78, 5) is 10.7. The molecule has 0 aliphatic rings. The predicted octanol–water partition coefficient (Wildman–Crippen LogP) is 2.94. The van der Waals surface area contributed by atoms with Gasteiger partial charge in [0.1, 0.15) is 0 Å². The molecular formula is C11H11F3O3. The summed E-state index contributed by atoms with van der Waals surface area (Å²) in [5.41, 5.74) is -1.18. The molecule has 0 amide bonds. The lowest BCUT2D eigenvalue weighted by atomic mass is 10.1. The molecule has 0 radical (unpaired) electrons. The van der Waals surface area contributed by atoms with Crippen molar-refractivity contribution in [1.29, 1.82) is 0 Å². The highest BCUT2D eigenvalue weighted by Crippen LogP contribution is 2.30. The number of halogens is 3. The van der Waals surface area contributed by atoms with E-state index in [9.17, 15) is 18.0 Å². The van der Waals surface area contributed by atoms with Crippen molar-refractivity contribution in [2.45, 2.75) is 19.7 Å². The maximum absolute atomic E-state index is 12.5. The summed E-state index contributed by atoms with van der Waals surface area (Å²) in [6.07, 6.45) is -4.56. The van der Waals surface area contributed by atoms with Crippen LogP contribution < -0.4 is 0 Å². The second-order valence-corrected chi connectivity index (χ2v) is 3.36. The van der Waals surface area contributed by atoms with Crippen molar-refractivity contribution in [2.24, 2.45) is 0 Å². The molecule has 1 N–H and O–H groups in total. The van der Waals surface area contributed by atoms with Gasteiger partial charge in [-0.3, -0.25) is 0 Å². The quantitative estimate of drug-likeness (QED) is 0.891. The molecule has 0 aliphatic carbocycles. The average molecular weight is 248 g/mol. The maximum Gasteiger partial charge on any atom is 0.416 e. The molecular weight excluding hydrogens is 237 g/mol. The van der Waals surface area contributed by atoms with E-state index in [0.29, 0.717) is 12.7 Å².